The van der Waals surface area contributed by atoms with Crippen molar-refractivity contribution in [2.24, 2.45) is 0 Å². The molecular formula is C20H23N3O5. The highest BCUT2D eigenvalue weighted by Gasteiger charge is 2.13. The van der Waals surface area contributed by atoms with Crippen LogP contribution >= 0.6 is 0 Å². The van der Waals surface area contributed by atoms with E-state index in [1.807, 2.05) is 12.1 Å². The molecular weight excluding hydrogens is 362 g/mol. The monoisotopic (exact) mass is 385 g/mol. The van der Waals surface area contributed by atoms with Crippen LogP contribution in [-0.2, 0) is 9.47 Å². The van der Waals surface area contributed by atoms with E-state index < -0.39 is 0 Å². The second kappa shape index (κ2) is 9.72. The lowest BCUT2D eigenvalue weighted by Crippen LogP contribution is -2.09. The molecule has 2 aromatic carbocycles. The van der Waals surface area contributed by atoms with Gasteiger partial charge < -0.3 is 29.4 Å². The Morgan fingerprint density at radius 3 is 2.14 bits per heavy atom. The molecule has 0 unspecified atom stereocenters. The third-order valence-corrected chi connectivity index (χ3v) is 3.92. The second-order valence-electron chi connectivity index (χ2n) is 5.89. The van der Waals surface area contributed by atoms with Crippen molar-refractivity contribution >= 4 is 22.4 Å². The summed E-state index contributed by atoms with van der Waals surface area (Å²) in [5.41, 5.74) is 1.50. The number of nitrogens with one attached hydrogen (secondary N) is 1. The van der Waals surface area contributed by atoms with Gasteiger partial charge in [0.25, 0.3) is 0 Å². The molecule has 28 heavy (non-hydrogen) atoms. The van der Waals surface area contributed by atoms with E-state index in [4.69, 9.17) is 18.9 Å². The maximum atomic E-state index is 9.45. The van der Waals surface area contributed by atoms with E-state index in [1.54, 1.807) is 38.5 Å². The molecule has 1 aromatic heterocycles. The van der Waals surface area contributed by atoms with Gasteiger partial charge in [-0.3, -0.25) is 0 Å². The van der Waals surface area contributed by atoms with Gasteiger partial charge in [-0.05, 0) is 30.3 Å². The molecule has 0 atom stereocenters. The highest BCUT2D eigenvalue weighted by molar-refractivity contribution is 5.93. The maximum Gasteiger partial charge on any atom is 0.163 e. The summed E-state index contributed by atoms with van der Waals surface area (Å²) in [4.78, 5) is 8.68. The summed E-state index contributed by atoms with van der Waals surface area (Å²) in [5.74, 6) is 1.97. The number of fused-ring (bicyclic) bond motifs is 1. The van der Waals surface area contributed by atoms with Gasteiger partial charge in [0.15, 0.2) is 11.5 Å². The van der Waals surface area contributed by atoms with E-state index in [9.17, 15) is 5.11 Å². The number of aromatic nitrogens is 2. The summed E-state index contributed by atoms with van der Waals surface area (Å²) in [7, 11) is 3.24. The minimum atomic E-state index is 0.199. The average molecular weight is 385 g/mol. The van der Waals surface area contributed by atoms with Crippen molar-refractivity contribution in [2.75, 3.05) is 46.0 Å². The van der Waals surface area contributed by atoms with Crippen molar-refractivity contribution in [1.82, 2.24) is 9.97 Å². The number of phenols is 1. The highest BCUT2D eigenvalue weighted by Crippen LogP contribution is 2.35. The molecule has 0 aliphatic carbocycles. The topological polar surface area (TPSA) is 95.0 Å². The first-order chi connectivity index (χ1) is 13.7. The predicted octanol–water partition coefficient (Wildman–Crippen LogP) is 3.13. The lowest BCUT2D eigenvalue weighted by Gasteiger charge is -2.15. The van der Waals surface area contributed by atoms with Gasteiger partial charge in [0.05, 0.1) is 18.7 Å². The van der Waals surface area contributed by atoms with E-state index in [1.165, 1.54) is 6.33 Å². The van der Waals surface area contributed by atoms with Gasteiger partial charge in [0, 0.05) is 31.4 Å². The zero-order chi connectivity index (χ0) is 19.8. The number of benzene rings is 2. The minimum absolute atomic E-state index is 0.199. The Labute approximate surface area is 163 Å². The van der Waals surface area contributed by atoms with Crippen LogP contribution in [0.3, 0.4) is 0 Å². The van der Waals surface area contributed by atoms with Crippen LogP contribution in [0.5, 0.6) is 17.2 Å². The van der Waals surface area contributed by atoms with E-state index in [-0.39, 0.29) is 5.75 Å². The van der Waals surface area contributed by atoms with Crippen molar-refractivity contribution in [2.45, 2.75) is 0 Å². The fourth-order valence-corrected chi connectivity index (χ4v) is 2.54. The molecule has 8 heteroatoms. The van der Waals surface area contributed by atoms with Gasteiger partial charge in [-0.25, -0.2) is 9.97 Å². The molecule has 0 amide bonds. The number of ether oxygens (including phenoxy) is 4. The Bertz CT molecular complexity index is 902. The summed E-state index contributed by atoms with van der Waals surface area (Å²) >= 11 is 0. The van der Waals surface area contributed by atoms with Crippen molar-refractivity contribution in [1.29, 1.82) is 0 Å². The van der Waals surface area contributed by atoms with Crippen LogP contribution in [0, 0.1) is 0 Å². The van der Waals surface area contributed by atoms with Crippen molar-refractivity contribution in [3.63, 3.8) is 0 Å². The zero-order valence-corrected chi connectivity index (χ0v) is 15.8. The summed E-state index contributed by atoms with van der Waals surface area (Å²) in [6.07, 6.45) is 1.48. The summed E-state index contributed by atoms with van der Waals surface area (Å²) in [6, 6.07) is 10.4. The number of aromatic hydroxyl groups is 1. The molecule has 148 valence electrons. The van der Waals surface area contributed by atoms with Crippen LogP contribution in [0.1, 0.15) is 0 Å². The molecule has 3 rings (SSSR count). The van der Waals surface area contributed by atoms with Gasteiger partial charge in [-0.2, -0.15) is 0 Å². The number of hydrogen-bond acceptors (Lipinski definition) is 8. The summed E-state index contributed by atoms with van der Waals surface area (Å²) in [6.45, 7) is 1.70. The minimum Gasteiger partial charge on any atom is -0.508 e. The Morgan fingerprint density at radius 2 is 1.50 bits per heavy atom. The normalized spacial score (nSPS) is 10.8. The van der Waals surface area contributed by atoms with Crippen LogP contribution in [0.2, 0.25) is 0 Å². The van der Waals surface area contributed by atoms with Crippen LogP contribution in [0.25, 0.3) is 10.9 Å². The first kappa shape index (κ1) is 19.7. The van der Waals surface area contributed by atoms with Gasteiger partial charge in [-0.15, -0.1) is 0 Å². The lowest BCUT2D eigenvalue weighted by atomic mass is 10.2. The largest absolute Gasteiger partial charge is 0.508 e. The number of phenolic OH excluding ortho intramolecular Hbond substituents is 1. The summed E-state index contributed by atoms with van der Waals surface area (Å²) < 4.78 is 21.7. The maximum absolute atomic E-state index is 9.45. The third-order valence-electron chi connectivity index (χ3n) is 3.92. The Morgan fingerprint density at radius 1 is 0.857 bits per heavy atom. The first-order valence-corrected chi connectivity index (χ1v) is 8.79. The fourth-order valence-electron chi connectivity index (χ4n) is 2.54. The van der Waals surface area contributed by atoms with Crippen molar-refractivity contribution < 1.29 is 24.1 Å². The Balaban J connectivity index is 1.94. The molecule has 0 aliphatic rings. The van der Waals surface area contributed by atoms with Crippen molar-refractivity contribution in [3.8, 4) is 17.2 Å². The van der Waals surface area contributed by atoms with Crippen LogP contribution in [0.15, 0.2) is 42.7 Å². The second-order valence-corrected chi connectivity index (χ2v) is 5.89. The zero-order valence-electron chi connectivity index (χ0n) is 15.8. The number of nitrogens with zero attached hydrogens (tertiary/aromatic N) is 2. The number of hydrogen-bond donors (Lipinski definition) is 2. The molecule has 3 aromatic rings. The molecule has 8 nitrogen and oxygen atoms in total. The third kappa shape index (κ3) is 4.99. The number of rotatable bonds is 10. The molecule has 0 saturated carbocycles. The van der Waals surface area contributed by atoms with Gasteiger partial charge in [0.2, 0.25) is 0 Å². The predicted molar refractivity (Wildman–Crippen MR) is 106 cm³/mol. The molecule has 2 N–H and O–H groups in total. The molecule has 0 saturated heterocycles. The Hall–Kier alpha value is -3.10. The van der Waals surface area contributed by atoms with E-state index >= 15 is 0 Å². The summed E-state index contributed by atoms with van der Waals surface area (Å²) in [5, 5.41) is 13.5. The van der Waals surface area contributed by atoms with Crippen LogP contribution in [-0.4, -0.2) is 55.7 Å². The van der Waals surface area contributed by atoms with E-state index in [0.29, 0.717) is 49.3 Å². The molecule has 0 spiro atoms. The number of anilines is 2. The lowest BCUT2D eigenvalue weighted by molar-refractivity contribution is 0.132. The molecule has 0 aliphatic heterocycles. The van der Waals surface area contributed by atoms with Crippen LogP contribution in [0.4, 0.5) is 11.5 Å². The van der Waals surface area contributed by atoms with Gasteiger partial charge in [-0.1, -0.05) is 0 Å². The van der Waals surface area contributed by atoms with Crippen LogP contribution < -0.4 is 14.8 Å². The highest BCUT2D eigenvalue weighted by atomic mass is 16.5. The molecule has 0 bridgehead atoms. The Kier molecular flexibility index (Phi) is 6.83. The van der Waals surface area contributed by atoms with E-state index in [2.05, 4.69) is 15.3 Å². The SMILES string of the molecule is COCCOc1cc2ncnc(Nc3ccc(O)cc3)c2cc1OCCOC. The molecule has 1 heterocycles. The fraction of sp³-hybridized carbons (Fsp3) is 0.300. The molecule has 0 radical (unpaired) electrons. The first-order valence-electron chi connectivity index (χ1n) is 8.79. The average Bonchev–Trinajstić information content (AvgIpc) is 2.70. The van der Waals surface area contributed by atoms with Gasteiger partial charge >= 0.3 is 0 Å². The van der Waals surface area contributed by atoms with E-state index in [0.717, 1.165) is 11.1 Å². The quantitative estimate of drug-likeness (QED) is 0.406. The smallest absolute Gasteiger partial charge is 0.163 e. The van der Waals surface area contributed by atoms with Crippen molar-refractivity contribution in [3.05, 3.63) is 42.7 Å². The standard InChI is InChI=1S/C20H23N3O5/c1-25-7-9-27-18-11-16-17(12-19(18)28-10-8-26-2)21-13-22-20(16)23-14-3-5-15(24)6-4-14/h3-6,11-13,24H,7-10H2,1-2H3,(H,21,22,23). The van der Waals surface area contributed by atoms with Gasteiger partial charge in [0.1, 0.15) is 31.1 Å². The molecule has 0 fully saturated rings. The number of methoxy groups -OCH3 is 2.